The van der Waals surface area contributed by atoms with Gasteiger partial charge in [0.25, 0.3) is 0 Å². The van der Waals surface area contributed by atoms with Gasteiger partial charge in [-0.05, 0) is 13.0 Å². The van der Waals surface area contributed by atoms with Crippen molar-refractivity contribution in [1.82, 2.24) is 0 Å². The van der Waals surface area contributed by atoms with Crippen LogP contribution in [0.4, 0.5) is 57.1 Å². The van der Waals surface area contributed by atoms with Gasteiger partial charge in [0.1, 0.15) is 0 Å². The molecular formula is C25H40F13NO2. The van der Waals surface area contributed by atoms with E-state index in [1.165, 1.54) is 103 Å². The minimum absolute atomic E-state index is 0.873. The number of hydrogen-bond acceptors (Lipinski definition) is 2. The van der Waals surface area contributed by atoms with Crippen molar-refractivity contribution in [3.8, 4) is 0 Å². The molecule has 0 fully saturated rings. The lowest BCUT2D eigenvalue weighted by Crippen LogP contribution is -2.71. The largest absolute Gasteiger partial charge is 0.477 e. The maximum Gasteiger partial charge on any atom is 0.460 e. The average Bonchev–Trinajstić information content (AvgIpc) is 2.85. The van der Waals surface area contributed by atoms with Crippen LogP contribution in [0, 0.1) is 0 Å². The van der Waals surface area contributed by atoms with Crippen LogP contribution in [0.1, 0.15) is 110 Å². The van der Waals surface area contributed by atoms with Crippen LogP contribution >= 0.6 is 0 Å². The van der Waals surface area contributed by atoms with Gasteiger partial charge in [-0.2, -0.15) is 57.1 Å². The molecule has 0 aliphatic carbocycles. The van der Waals surface area contributed by atoms with Crippen molar-refractivity contribution in [3.63, 3.8) is 0 Å². The van der Waals surface area contributed by atoms with Crippen LogP contribution < -0.4 is 5.73 Å². The van der Waals surface area contributed by atoms with Crippen molar-refractivity contribution >= 4 is 5.97 Å². The molecule has 248 valence electrons. The Labute approximate surface area is 231 Å². The van der Waals surface area contributed by atoms with E-state index in [1.807, 2.05) is 0 Å². The number of alkyl halides is 13. The van der Waals surface area contributed by atoms with E-state index < -0.39 is 41.8 Å². The fourth-order valence-electron chi connectivity index (χ4n) is 3.60. The van der Waals surface area contributed by atoms with Crippen molar-refractivity contribution in [1.29, 1.82) is 0 Å². The molecule has 0 saturated carbocycles. The molecule has 0 spiro atoms. The molecule has 0 aliphatic rings. The first-order valence-corrected chi connectivity index (χ1v) is 13.5. The van der Waals surface area contributed by atoms with E-state index in [2.05, 4.69) is 6.92 Å². The predicted molar refractivity (Wildman–Crippen MR) is 127 cm³/mol. The lowest BCUT2D eigenvalue weighted by atomic mass is 9.94. The van der Waals surface area contributed by atoms with Gasteiger partial charge in [0.2, 0.25) is 0 Å². The summed E-state index contributed by atoms with van der Waals surface area (Å²) in [4.78, 5) is 9.67. The normalized spacial score (nSPS) is 13.6. The quantitative estimate of drug-likeness (QED) is 0.0977. The summed E-state index contributed by atoms with van der Waals surface area (Å²) in [5.41, 5.74) is 5.48. The van der Waals surface area contributed by atoms with Crippen LogP contribution in [0.2, 0.25) is 0 Å². The first kappa shape index (κ1) is 41.7. The van der Waals surface area contributed by atoms with Gasteiger partial charge in [0, 0.05) is 0 Å². The third-order valence-corrected chi connectivity index (χ3v) is 6.26. The van der Waals surface area contributed by atoms with E-state index in [-0.39, 0.29) is 0 Å². The van der Waals surface area contributed by atoms with Crippen molar-refractivity contribution in [2.75, 3.05) is 6.54 Å². The lowest BCUT2D eigenvalue weighted by molar-refractivity contribution is -0.436. The highest BCUT2D eigenvalue weighted by Gasteiger charge is 2.91. The Hall–Kier alpha value is -1.48. The molecule has 0 aromatic carbocycles. The number of unbranched alkanes of at least 4 members (excludes halogenated alkanes) is 15. The van der Waals surface area contributed by atoms with Crippen LogP contribution in [0.25, 0.3) is 0 Å². The van der Waals surface area contributed by atoms with E-state index in [1.54, 1.807) is 0 Å². The van der Waals surface area contributed by atoms with Crippen LogP contribution in [-0.4, -0.2) is 53.4 Å². The summed E-state index contributed by atoms with van der Waals surface area (Å²) in [6.45, 7) is 3.16. The number of carbonyl (C=O) groups is 1. The average molecular weight is 634 g/mol. The van der Waals surface area contributed by atoms with Crippen LogP contribution in [0.5, 0.6) is 0 Å². The van der Waals surface area contributed by atoms with Gasteiger partial charge < -0.3 is 10.8 Å². The molecule has 0 aliphatic heterocycles. The van der Waals surface area contributed by atoms with Crippen molar-refractivity contribution in [3.05, 3.63) is 0 Å². The Morgan fingerprint density at radius 2 is 0.756 bits per heavy atom. The molecule has 0 heterocycles. The van der Waals surface area contributed by atoms with Crippen molar-refractivity contribution in [2.45, 2.75) is 145 Å². The lowest BCUT2D eigenvalue weighted by Gasteiger charge is -2.38. The van der Waals surface area contributed by atoms with Gasteiger partial charge in [-0.1, -0.05) is 103 Å². The second kappa shape index (κ2) is 18.2. The minimum Gasteiger partial charge on any atom is -0.477 e. The molecule has 41 heavy (non-hydrogen) atoms. The van der Waals surface area contributed by atoms with Gasteiger partial charge in [-0.25, -0.2) is 4.79 Å². The smallest absolute Gasteiger partial charge is 0.460 e. The molecule has 0 aromatic rings. The SMILES string of the molecule is CCCCCCCCCCCCCCCCCCN.O=C(O)C(F)(F)C(F)(F)C(F)(F)C(F)(F)C(F)(F)C(F)(F)F. The van der Waals surface area contributed by atoms with Gasteiger partial charge in [-0.3, -0.25) is 0 Å². The number of carboxylic acids is 1. The zero-order valence-electron chi connectivity index (χ0n) is 22.9. The summed E-state index contributed by atoms with van der Waals surface area (Å²) in [5.74, 6) is -43.0. The topological polar surface area (TPSA) is 63.3 Å². The Morgan fingerprint density at radius 1 is 0.488 bits per heavy atom. The summed E-state index contributed by atoms with van der Waals surface area (Å²) < 4.78 is 159. The zero-order valence-corrected chi connectivity index (χ0v) is 22.9. The number of hydrogen-bond donors (Lipinski definition) is 2. The fraction of sp³-hybridized carbons (Fsp3) is 0.960. The summed E-state index contributed by atoms with van der Waals surface area (Å²) in [5, 5.41) is 7.55. The molecule has 0 unspecified atom stereocenters. The van der Waals surface area contributed by atoms with Crippen LogP contribution in [0.3, 0.4) is 0 Å². The van der Waals surface area contributed by atoms with E-state index >= 15 is 0 Å². The van der Waals surface area contributed by atoms with E-state index in [4.69, 9.17) is 10.8 Å². The summed E-state index contributed by atoms with van der Waals surface area (Å²) in [6, 6.07) is 0. The monoisotopic (exact) mass is 633 g/mol. The Morgan fingerprint density at radius 3 is 1.00 bits per heavy atom. The maximum atomic E-state index is 12.6. The highest BCUT2D eigenvalue weighted by atomic mass is 19.4. The molecule has 3 nitrogen and oxygen atoms in total. The first-order chi connectivity index (χ1) is 18.6. The third kappa shape index (κ3) is 12.0. The number of aliphatic carboxylic acids is 1. The van der Waals surface area contributed by atoms with E-state index in [9.17, 15) is 61.9 Å². The number of nitrogens with two attached hydrogens (primary N) is 1. The summed E-state index contributed by atoms with van der Waals surface area (Å²) >= 11 is 0. The molecule has 0 atom stereocenters. The van der Waals surface area contributed by atoms with E-state index in [0.29, 0.717) is 0 Å². The van der Waals surface area contributed by atoms with Gasteiger partial charge in [-0.15, -0.1) is 0 Å². The second-order valence-electron chi connectivity index (χ2n) is 9.77. The molecule has 0 rings (SSSR count). The molecule has 0 bridgehead atoms. The number of halogens is 13. The molecule has 3 N–H and O–H groups in total. The fourth-order valence-corrected chi connectivity index (χ4v) is 3.60. The molecule has 0 radical (unpaired) electrons. The third-order valence-electron chi connectivity index (χ3n) is 6.26. The molecule has 0 amide bonds. The summed E-state index contributed by atoms with van der Waals surface area (Å²) in [7, 11) is 0. The van der Waals surface area contributed by atoms with E-state index in [0.717, 1.165) is 6.54 Å². The number of rotatable bonds is 21. The van der Waals surface area contributed by atoms with Gasteiger partial charge in [0.15, 0.2) is 0 Å². The van der Waals surface area contributed by atoms with Gasteiger partial charge >= 0.3 is 41.8 Å². The van der Waals surface area contributed by atoms with Crippen molar-refractivity contribution in [2.24, 2.45) is 5.73 Å². The van der Waals surface area contributed by atoms with Gasteiger partial charge in [0.05, 0.1) is 0 Å². The molecule has 16 heteroatoms. The molecule has 0 saturated heterocycles. The standard InChI is InChI=1S/C18H39N.C7HF13O2/c1-2-3-4-5-6-7-8-9-10-11-12-13-14-15-16-17-18-19;8-2(9,1(21)22)3(10,11)4(12,13)5(14,15)6(16,17)7(18,19)20/h2-19H2,1H3;(H,21,22). The summed E-state index contributed by atoms with van der Waals surface area (Å²) in [6.07, 6.45) is 15.3. The molecular weight excluding hydrogens is 593 g/mol. The minimum atomic E-state index is -8.08. The Balaban J connectivity index is 0. The van der Waals surface area contributed by atoms with Crippen LogP contribution in [0.15, 0.2) is 0 Å². The second-order valence-corrected chi connectivity index (χ2v) is 9.77. The predicted octanol–water partition coefficient (Wildman–Crippen LogP) is 10.0. The zero-order chi connectivity index (χ0) is 32.6. The Kier molecular flexibility index (Phi) is 18.5. The maximum absolute atomic E-state index is 12.6. The highest BCUT2D eigenvalue weighted by Crippen LogP contribution is 2.60. The highest BCUT2D eigenvalue weighted by molar-refractivity contribution is 5.77. The number of carboxylic acid groups (broad SMARTS) is 1. The van der Waals surface area contributed by atoms with Crippen molar-refractivity contribution < 1.29 is 67.0 Å². The Bertz CT molecular complexity index is 698. The first-order valence-electron chi connectivity index (χ1n) is 13.5. The molecule has 0 aromatic heterocycles. The van der Waals surface area contributed by atoms with Crippen LogP contribution in [-0.2, 0) is 4.79 Å².